The third kappa shape index (κ3) is 4.79. The predicted molar refractivity (Wildman–Crippen MR) is 83.3 cm³/mol. The number of methoxy groups -OCH3 is 2. The van der Waals surface area contributed by atoms with Crippen LogP contribution in [0.25, 0.3) is 0 Å². The quantitative estimate of drug-likeness (QED) is 0.542. The first-order valence-electron chi connectivity index (χ1n) is 7.76. The Balaban J connectivity index is 2.85. The van der Waals surface area contributed by atoms with Gasteiger partial charge in [0.2, 0.25) is 0 Å². The summed E-state index contributed by atoms with van der Waals surface area (Å²) < 4.78 is 17.1. The van der Waals surface area contributed by atoms with E-state index in [1.807, 2.05) is 6.92 Å². The van der Waals surface area contributed by atoms with Crippen molar-refractivity contribution in [3.63, 3.8) is 0 Å². The summed E-state index contributed by atoms with van der Waals surface area (Å²) in [4.78, 5) is 10.9. The lowest BCUT2D eigenvalue weighted by atomic mass is 9.85. The van der Waals surface area contributed by atoms with Crippen LogP contribution in [0.4, 0.5) is 0 Å². The number of carbonyl (C=O) groups excluding carboxylic acids is 1. The van der Waals surface area contributed by atoms with E-state index >= 15 is 0 Å². The Labute approximate surface area is 133 Å². The van der Waals surface area contributed by atoms with E-state index in [1.54, 1.807) is 14.2 Å². The summed E-state index contributed by atoms with van der Waals surface area (Å²) in [6.45, 7) is 4.01. The Kier molecular flexibility index (Phi) is 8.05. The SMILES string of the molecule is C#CC[C@H](C)C[C@H](OC)[C@H]1O[C@@H]([C@@H](O)C=O)[C@H](C)C[C@@H]1OC. The molecule has 0 amide bonds. The van der Waals surface area contributed by atoms with Crippen molar-refractivity contribution in [3.8, 4) is 12.3 Å². The molecule has 126 valence electrons. The van der Waals surface area contributed by atoms with E-state index < -0.39 is 12.2 Å². The van der Waals surface area contributed by atoms with Gasteiger partial charge in [-0.3, -0.25) is 0 Å². The summed E-state index contributed by atoms with van der Waals surface area (Å²) >= 11 is 0. The fourth-order valence-electron chi connectivity index (χ4n) is 3.14. The van der Waals surface area contributed by atoms with Crippen molar-refractivity contribution in [1.82, 2.24) is 0 Å². The molecule has 7 atom stereocenters. The fourth-order valence-corrected chi connectivity index (χ4v) is 3.14. The topological polar surface area (TPSA) is 65.0 Å². The number of hydrogen-bond donors (Lipinski definition) is 1. The second-order valence-electron chi connectivity index (χ2n) is 6.20. The number of rotatable bonds is 8. The molecule has 0 aromatic carbocycles. The average Bonchev–Trinajstić information content (AvgIpc) is 2.52. The van der Waals surface area contributed by atoms with Crippen LogP contribution in [0.15, 0.2) is 0 Å². The van der Waals surface area contributed by atoms with Gasteiger partial charge in [-0.25, -0.2) is 0 Å². The third-order valence-corrected chi connectivity index (χ3v) is 4.39. The summed E-state index contributed by atoms with van der Waals surface area (Å²) in [5, 5.41) is 9.85. The molecular formula is C17H28O5. The minimum Gasteiger partial charge on any atom is -0.383 e. The number of terminal acetylenes is 1. The van der Waals surface area contributed by atoms with Crippen LogP contribution in [-0.2, 0) is 19.0 Å². The average molecular weight is 312 g/mol. The molecule has 1 aliphatic heterocycles. The smallest absolute Gasteiger partial charge is 0.151 e. The Morgan fingerprint density at radius 3 is 2.64 bits per heavy atom. The molecule has 22 heavy (non-hydrogen) atoms. The zero-order valence-corrected chi connectivity index (χ0v) is 13.9. The first-order chi connectivity index (χ1) is 10.5. The van der Waals surface area contributed by atoms with E-state index in [0.717, 1.165) is 6.42 Å². The van der Waals surface area contributed by atoms with Gasteiger partial charge in [0.25, 0.3) is 0 Å². The second kappa shape index (κ2) is 9.26. The van der Waals surface area contributed by atoms with E-state index in [0.29, 0.717) is 25.0 Å². The van der Waals surface area contributed by atoms with Gasteiger partial charge in [0.15, 0.2) is 6.29 Å². The highest BCUT2D eigenvalue weighted by atomic mass is 16.6. The molecule has 1 fully saturated rings. The van der Waals surface area contributed by atoms with Crippen molar-refractivity contribution in [3.05, 3.63) is 0 Å². The van der Waals surface area contributed by atoms with Crippen molar-refractivity contribution < 1.29 is 24.1 Å². The van der Waals surface area contributed by atoms with Crippen molar-refractivity contribution in [2.45, 2.75) is 63.6 Å². The van der Waals surface area contributed by atoms with Gasteiger partial charge in [-0.15, -0.1) is 12.3 Å². The highest BCUT2D eigenvalue weighted by Gasteiger charge is 2.43. The van der Waals surface area contributed by atoms with Crippen LogP contribution in [-0.4, -0.2) is 56.1 Å². The van der Waals surface area contributed by atoms with Gasteiger partial charge in [0, 0.05) is 20.6 Å². The summed E-state index contributed by atoms with van der Waals surface area (Å²) in [5.74, 6) is 2.98. The van der Waals surface area contributed by atoms with Gasteiger partial charge >= 0.3 is 0 Å². The monoisotopic (exact) mass is 312 g/mol. The molecule has 0 unspecified atom stereocenters. The number of hydrogen-bond acceptors (Lipinski definition) is 5. The minimum absolute atomic E-state index is 0.0297. The first-order valence-corrected chi connectivity index (χ1v) is 7.76. The van der Waals surface area contributed by atoms with E-state index in [9.17, 15) is 9.90 Å². The van der Waals surface area contributed by atoms with E-state index in [-0.39, 0.29) is 24.2 Å². The third-order valence-electron chi connectivity index (χ3n) is 4.39. The van der Waals surface area contributed by atoms with Crippen LogP contribution in [0.1, 0.15) is 33.1 Å². The van der Waals surface area contributed by atoms with Crippen molar-refractivity contribution in [1.29, 1.82) is 0 Å². The zero-order chi connectivity index (χ0) is 16.7. The highest BCUT2D eigenvalue weighted by Crippen LogP contribution is 2.32. The highest BCUT2D eigenvalue weighted by molar-refractivity contribution is 5.56. The summed E-state index contributed by atoms with van der Waals surface area (Å²) in [6.07, 6.45) is 5.68. The fraction of sp³-hybridized carbons (Fsp3) is 0.824. The van der Waals surface area contributed by atoms with Gasteiger partial charge in [-0.05, 0) is 24.7 Å². The standard InChI is InChI=1S/C17H28O5/c1-6-7-11(2)8-14(20-4)17-15(21-5)9-12(3)16(22-17)13(19)10-18/h1,10-17,19H,7-9H2,2-5H3/t11-,12+,13-,14-,15-,16+,17+/m0/s1. The second-order valence-corrected chi connectivity index (χ2v) is 6.20. The lowest BCUT2D eigenvalue weighted by Crippen LogP contribution is -2.54. The molecule has 1 N–H and O–H groups in total. The molecule has 0 aliphatic carbocycles. The Bertz CT molecular complexity index is 378. The number of ether oxygens (including phenoxy) is 3. The van der Waals surface area contributed by atoms with Gasteiger partial charge in [-0.1, -0.05) is 13.8 Å². The van der Waals surface area contributed by atoms with E-state index in [2.05, 4.69) is 12.8 Å². The number of aliphatic hydroxyl groups is 1. The molecule has 5 heteroatoms. The molecule has 1 saturated heterocycles. The van der Waals surface area contributed by atoms with Gasteiger partial charge in [0.1, 0.15) is 12.2 Å². The number of aliphatic hydroxyl groups excluding tert-OH is 1. The Morgan fingerprint density at radius 2 is 2.14 bits per heavy atom. The van der Waals surface area contributed by atoms with Crippen molar-refractivity contribution >= 4 is 6.29 Å². The van der Waals surface area contributed by atoms with Gasteiger partial charge in [0.05, 0.1) is 18.3 Å². The van der Waals surface area contributed by atoms with Crippen LogP contribution < -0.4 is 0 Å². The van der Waals surface area contributed by atoms with Crippen LogP contribution >= 0.6 is 0 Å². The molecule has 1 heterocycles. The zero-order valence-electron chi connectivity index (χ0n) is 13.9. The molecule has 0 spiro atoms. The van der Waals surface area contributed by atoms with E-state index in [1.165, 1.54) is 0 Å². The van der Waals surface area contributed by atoms with Crippen LogP contribution in [0.2, 0.25) is 0 Å². The molecule has 0 radical (unpaired) electrons. The van der Waals surface area contributed by atoms with Crippen LogP contribution in [0, 0.1) is 24.2 Å². The maximum atomic E-state index is 10.9. The van der Waals surface area contributed by atoms with Crippen LogP contribution in [0.3, 0.4) is 0 Å². The summed E-state index contributed by atoms with van der Waals surface area (Å²) in [6, 6.07) is 0. The molecule has 0 aromatic rings. The summed E-state index contributed by atoms with van der Waals surface area (Å²) in [5.41, 5.74) is 0. The molecule has 5 nitrogen and oxygen atoms in total. The largest absolute Gasteiger partial charge is 0.383 e. The predicted octanol–water partition coefficient (Wildman–Crippen LogP) is 1.42. The number of aldehydes is 1. The Hall–Kier alpha value is -0.930. The lowest BCUT2D eigenvalue weighted by molar-refractivity contribution is -0.213. The van der Waals surface area contributed by atoms with Crippen molar-refractivity contribution in [2.75, 3.05) is 14.2 Å². The normalized spacial score (nSPS) is 32.7. The Morgan fingerprint density at radius 1 is 1.45 bits per heavy atom. The number of carbonyl (C=O) groups is 1. The molecule has 0 aromatic heterocycles. The minimum atomic E-state index is -1.13. The maximum absolute atomic E-state index is 10.9. The van der Waals surface area contributed by atoms with Crippen molar-refractivity contribution in [2.24, 2.45) is 11.8 Å². The maximum Gasteiger partial charge on any atom is 0.151 e. The first kappa shape index (κ1) is 19.1. The van der Waals surface area contributed by atoms with Gasteiger partial charge in [-0.2, -0.15) is 0 Å². The molecule has 1 rings (SSSR count). The van der Waals surface area contributed by atoms with E-state index in [4.69, 9.17) is 20.6 Å². The molecule has 1 aliphatic rings. The lowest BCUT2D eigenvalue weighted by Gasteiger charge is -2.43. The molecule has 0 saturated carbocycles. The molecular weight excluding hydrogens is 284 g/mol. The van der Waals surface area contributed by atoms with Gasteiger partial charge < -0.3 is 24.1 Å². The molecule has 0 bridgehead atoms. The summed E-state index contributed by atoms with van der Waals surface area (Å²) in [7, 11) is 3.27. The van der Waals surface area contributed by atoms with Crippen LogP contribution in [0.5, 0.6) is 0 Å².